The lowest BCUT2D eigenvalue weighted by atomic mass is 10.0. The van der Waals surface area contributed by atoms with E-state index in [1.807, 2.05) is 19.0 Å². The Morgan fingerprint density at radius 1 is 1.35 bits per heavy atom. The van der Waals surface area contributed by atoms with Crippen LogP contribution in [0.5, 0.6) is 0 Å². The maximum Gasteiger partial charge on any atom is 0.153 e. The van der Waals surface area contributed by atoms with Crippen LogP contribution < -0.4 is 5.73 Å². The molecule has 2 aromatic rings. The van der Waals surface area contributed by atoms with Crippen LogP contribution in [0.4, 0.5) is 10.2 Å². The Morgan fingerprint density at radius 3 is 2.71 bits per heavy atom. The summed E-state index contributed by atoms with van der Waals surface area (Å²) in [4.78, 5) is 1.97. The van der Waals surface area contributed by atoms with Crippen LogP contribution in [0.15, 0.2) is 24.3 Å². The Kier molecular flexibility index (Phi) is 3.10. The average molecular weight is 234 g/mol. The van der Waals surface area contributed by atoms with Crippen molar-refractivity contribution in [1.82, 2.24) is 15.1 Å². The van der Waals surface area contributed by atoms with E-state index in [9.17, 15) is 4.39 Å². The number of H-pyrrole nitrogens is 1. The maximum atomic E-state index is 13.7. The van der Waals surface area contributed by atoms with Gasteiger partial charge >= 0.3 is 0 Å². The Hall–Kier alpha value is -1.88. The third kappa shape index (κ3) is 2.29. The molecule has 0 spiro atoms. The predicted octanol–water partition coefficient (Wildman–Crippen LogP) is 1.86. The van der Waals surface area contributed by atoms with Crippen LogP contribution in [0.2, 0.25) is 0 Å². The summed E-state index contributed by atoms with van der Waals surface area (Å²) in [6.07, 6.45) is 0. The van der Waals surface area contributed by atoms with Gasteiger partial charge in [-0.1, -0.05) is 18.2 Å². The standard InChI is InChI=1S/C12H15FN4/c1-17(2)7-10-11(12(14)16-15-10)8-5-3-4-6-9(8)13/h3-6H,7H2,1-2H3,(H3,14,15,16). The molecule has 90 valence electrons. The average Bonchev–Trinajstić information content (AvgIpc) is 2.60. The number of nitrogen functional groups attached to an aromatic ring is 1. The van der Waals surface area contributed by atoms with Gasteiger partial charge in [-0.3, -0.25) is 5.10 Å². The van der Waals surface area contributed by atoms with Gasteiger partial charge in [0.1, 0.15) is 5.82 Å². The number of benzene rings is 1. The van der Waals surface area contributed by atoms with E-state index in [4.69, 9.17) is 5.73 Å². The molecule has 0 aliphatic heterocycles. The van der Waals surface area contributed by atoms with Crippen molar-refractivity contribution in [2.45, 2.75) is 6.54 Å². The molecule has 17 heavy (non-hydrogen) atoms. The molecule has 1 heterocycles. The molecule has 1 aromatic heterocycles. The minimum Gasteiger partial charge on any atom is -0.382 e. The molecule has 0 aliphatic carbocycles. The maximum absolute atomic E-state index is 13.7. The van der Waals surface area contributed by atoms with Crippen molar-refractivity contribution in [1.29, 1.82) is 0 Å². The number of hydrogen-bond acceptors (Lipinski definition) is 3. The van der Waals surface area contributed by atoms with Crippen molar-refractivity contribution in [3.63, 3.8) is 0 Å². The number of aromatic amines is 1. The zero-order valence-corrected chi connectivity index (χ0v) is 9.87. The molecule has 5 heteroatoms. The van der Waals surface area contributed by atoms with E-state index in [-0.39, 0.29) is 5.82 Å². The van der Waals surface area contributed by atoms with E-state index in [0.29, 0.717) is 23.5 Å². The molecular formula is C12H15FN4. The lowest BCUT2D eigenvalue weighted by Crippen LogP contribution is -2.11. The van der Waals surface area contributed by atoms with Crippen LogP contribution in [0.1, 0.15) is 5.69 Å². The molecular weight excluding hydrogens is 219 g/mol. The number of halogens is 1. The predicted molar refractivity (Wildman–Crippen MR) is 65.8 cm³/mol. The number of nitrogens with zero attached hydrogens (tertiary/aromatic N) is 2. The summed E-state index contributed by atoms with van der Waals surface area (Å²) in [5, 5.41) is 6.79. The van der Waals surface area contributed by atoms with Crippen LogP contribution >= 0.6 is 0 Å². The first-order chi connectivity index (χ1) is 8.09. The smallest absolute Gasteiger partial charge is 0.153 e. The number of rotatable bonds is 3. The summed E-state index contributed by atoms with van der Waals surface area (Å²) in [5.41, 5.74) is 7.74. The minimum absolute atomic E-state index is 0.291. The third-order valence-electron chi connectivity index (χ3n) is 2.49. The van der Waals surface area contributed by atoms with E-state index in [0.717, 1.165) is 5.69 Å². The van der Waals surface area contributed by atoms with Crippen molar-refractivity contribution < 1.29 is 4.39 Å². The fourth-order valence-corrected chi connectivity index (χ4v) is 1.79. The molecule has 0 saturated heterocycles. The summed E-state index contributed by atoms with van der Waals surface area (Å²) in [5.74, 6) is 0.0348. The summed E-state index contributed by atoms with van der Waals surface area (Å²) >= 11 is 0. The first-order valence-corrected chi connectivity index (χ1v) is 5.32. The highest BCUT2D eigenvalue weighted by molar-refractivity contribution is 5.76. The minimum atomic E-state index is -0.291. The Bertz CT molecular complexity index is 519. The SMILES string of the molecule is CN(C)Cc1[nH]nc(N)c1-c1ccccc1F. The van der Waals surface area contributed by atoms with Gasteiger partial charge < -0.3 is 10.6 Å². The van der Waals surface area contributed by atoms with Gasteiger partial charge in [0.15, 0.2) is 5.82 Å². The van der Waals surface area contributed by atoms with Crippen molar-refractivity contribution >= 4 is 5.82 Å². The van der Waals surface area contributed by atoms with Gasteiger partial charge in [-0.25, -0.2) is 4.39 Å². The normalized spacial score (nSPS) is 11.1. The van der Waals surface area contributed by atoms with Crippen molar-refractivity contribution in [2.75, 3.05) is 19.8 Å². The Labute approximate surface area is 99.2 Å². The highest BCUT2D eigenvalue weighted by Crippen LogP contribution is 2.30. The summed E-state index contributed by atoms with van der Waals surface area (Å²) in [7, 11) is 3.87. The fourth-order valence-electron chi connectivity index (χ4n) is 1.79. The zero-order chi connectivity index (χ0) is 12.4. The quantitative estimate of drug-likeness (QED) is 0.852. The van der Waals surface area contributed by atoms with Gasteiger partial charge in [0.05, 0.1) is 11.3 Å². The van der Waals surface area contributed by atoms with Gasteiger partial charge in [0.2, 0.25) is 0 Å². The van der Waals surface area contributed by atoms with Crippen LogP contribution in [0.3, 0.4) is 0 Å². The fraction of sp³-hybridized carbons (Fsp3) is 0.250. The van der Waals surface area contributed by atoms with Crippen LogP contribution in [0, 0.1) is 5.82 Å². The molecule has 0 radical (unpaired) electrons. The largest absolute Gasteiger partial charge is 0.382 e. The number of hydrogen-bond donors (Lipinski definition) is 2. The van der Waals surface area contributed by atoms with Crippen molar-refractivity contribution in [3.8, 4) is 11.1 Å². The monoisotopic (exact) mass is 234 g/mol. The second kappa shape index (κ2) is 4.55. The molecule has 0 bridgehead atoms. The van der Waals surface area contributed by atoms with Crippen molar-refractivity contribution in [3.05, 3.63) is 35.8 Å². The molecule has 0 fully saturated rings. The first-order valence-electron chi connectivity index (χ1n) is 5.32. The highest BCUT2D eigenvalue weighted by Gasteiger charge is 2.16. The second-order valence-corrected chi connectivity index (χ2v) is 4.18. The zero-order valence-electron chi connectivity index (χ0n) is 9.87. The number of nitrogens with two attached hydrogens (primary N) is 1. The first kappa shape index (κ1) is 11.6. The topological polar surface area (TPSA) is 57.9 Å². The molecule has 0 aliphatic rings. The lowest BCUT2D eigenvalue weighted by Gasteiger charge is -2.10. The molecule has 2 rings (SSSR count). The van der Waals surface area contributed by atoms with Gasteiger partial charge in [-0.2, -0.15) is 5.10 Å². The van der Waals surface area contributed by atoms with Gasteiger partial charge in [0, 0.05) is 12.1 Å². The van der Waals surface area contributed by atoms with E-state index in [1.165, 1.54) is 6.07 Å². The summed E-state index contributed by atoms with van der Waals surface area (Å²) in [6.45, 7) is 0.633. The highest BCUT2D eigenvalue weighted by atomic mass is 19.1. The molecule has 3 N–H and O–H groups in total. The van der Waals surface area contributed by atoms with Gasteiger partial charge in [0.25, 0.3) is 0 Å². The number of nitrogens with one attached hydrogen (secondary N) is 1. The van der Waals surface area contributed by atoms with E-state index < -0.39 is 0 Å². The van der Waals surface area contributed by atoms with E-state index in [1.54, 1.807) is 18.2 Å². The van der Waals surface area contributed by atoms with E-state index in [2.05, 4.69) is 10.2 Å². The van der Waals surface area contributed by atoms with Crippen LogP contribution in [0.25, 0.3) is 11.1 Å². The molecule has 1 aromatic carbocycles. The lowest BCUT2D eigenvalue weighted by molar-refractivity contribution is 0.397. The molecule has 0 amide bonds. The third-order valence-corrected chi connectivity index (χ3v) is 2.49. The van der Waals surface area contributed by atoms with Crippen LogP contribution in [-0.4, -0.2) is 29.2 Å². The Morgan fingerprint density at radius 2 is 2.06 bits per heavy atom. The molecule has 0 saturated carbocycles. The van der Waals surface area contributed by atoms with Gasteiger partial charge in [-0.15, -0.1) is 0 Å². The van der Waals surface area contributed by atoms with Crippen molar-refractivity contribution in [2.24, 2.45) is 0 Å². The van der Waals surface area contributed by atoms with E-state index >= 15 is 0 Å². The Balaban J connectivity index is 2.51. The number of aromatic nitrogens is 2. The van der Waals surface area contributed by atoms with Gasteiger partial charge in [-0.05, 0) is 20.2 Å². The molecule has 0 unspecified atom stereocenters. The second-order valence-electron chi connectivity index (χ2n) is 4.18. The summed E-state index contributed by atoms with van der Waals surface area (Å²) in [6, 6.07) is 6.56. The molecule has 4 nitrogen and oxygen atoms in total. The molecule has 0 atom stereocenters. The number of anilines is 1. The van der Waals surface area contributed by atoms with Crippen LogP contribution in [-0.2, 0) is 6.54 Å². The summed E-state index contributed by atoms with van der Waals surface area (Å²) < 4.78 is 13.7.